The van der Waals surface area contributed by atoms with Gasteiger partial charge in [-0.3, -0.25) is 15.0 Å². The first-order valence-corrected chi connectivity index (χ1v) is 11.4. The highest BCUT2D eigenvalue weighted by Gasteiger charge is 2.40. The Balaban J connectivity index is 1.51. The fourth-order valence-corrected chi connectivity index (χ4v) is 4.54. The van der Waals surface area contributed by atoms with Crippen molar-refractivity contribution in [3.63, 3.8) is 0 Å². The molecule has 3 amide bonds. The molecular weight excluding hydrogens is 430 g/mol. The number of amides is 3. The van der Waals surface area contributed by atoms with Gasteiger partial charge in [0.05, 0.1) is 0 Å². The molecule has 32 heavy (non-hydrogen) atoms. The van der Waals surface area contributed by atoms with Crippen LogP contribution in [-0.4, -0.2) is 47.5 Å². The molecule has 8 heteroatoms. The van der Waals surface area contributed by atoms with Crippen molar-refractivity contribution in [1.29, 1.82) is 0 Å². The third kappa shape index (κ3) is 5.16. The molecule has 1 aliphatic heterocycles. The number of nitrogens with one attached hydrogen (secondary N) is 1. The van der Waals surface area contributed by atoms with Crippen molar-refractivity contribution < 1.29 is 19.4 Å². The normalized spacial score (nSPS) is 21.8. The standard InChI is InChI=1S/C24H28ClN3O4/c25-18-10-7-13-20(16-18)32-23-22(30)28(15-14-27(23)19-11-5-2-6-12-19)24(31)26-21(29)17-8-3-1-4-9-17/h2,5-7,10-13,16-17,22-23,30H,1,3-4,8-9,14-15H2,(H,26,29,31). The number of carbonyl (C=O) groups is 2. The minimum absolute atomic E-state index is 0.144. The second kappa shape index (κ2) is 10.2. The molecule has 2 N–H and O–H groups in total. The van der Waals surface area contributed by atoms with Crippen molar-refractivity contribution in [2.45, 2.75) is 44.6 Å². The minimum Gasteiger partial charge on any atom is -0.466 e. The van der Waals surface area contributed by atoms with E-state index in [0.717, 1.165) is 37.8 Å². The highest BCUT2D eigenvalue weighted by Crippen LogP contribution is 2.28. The number of anilines is 1. The molecule has 1 saturated heterocycles. The largest absolute Gasteiger partial charge is 0.466 e. The van der Waals surface area contributed by atoms with E-state index < -0.39 is 18.5 Å². The van der Waals surface area contributed by atoms with Crippen molar-refractivity contribution in [2.75, 3.05) is 18.0 Å². The lowest BCUT2D eigenvalue weighted by molar-refractivity contribution is -0.125. The summed E-state index contributed by atoms with van der Waals surface area (Å²) >= 11 is 6.09. The number of nitrogens with zero attached hydrogens (tertiary/aromatic N) is 2. The van der Waals surface area contributed by atoms with Gasteiger partial charge in [0.15, 0.2) is 6.23 Å². The monoisotopic (exact) mass is 457 g/mol. The van der Waals surface area contributed by atoms with Gasteiger partial charge >= 0.3 is 6.03 Å². The topological polar surface area (TPSA) is 82.1 Å². The van der Waals surface area contributed by atoms with Crippen LogP contribution in [0, 0.1) is 5.92 Å². The fraction of sp³-hybridized carbons (Fsp3) is 0.417. The summed E-state index contributed by atoms with van der Waals surface area (Å²) in [6, 6.07) is 15.8. The first kappa shape index (κ1) is 22.4. The summed E-state index contributed by atoms with van der Waals surface area (Å²) in [7, 11) is 0. The van der Waals surface area contributed by atoms with Crippen LogP contribution in [0.1, 0.15) is 32.1 Å². The molecule has 2 aliphatic rings. The van der Waals surface area contributed by atoms with Crippen molar-refractivity contribution in [3.05, 3.63) is 59.6 Å². The number of para-hydroxylation sites is 1. The second-order valence-electron chi connectivity index (χ2n) is 8.23. The predicted octanol–water partition coefficient (Wildman–Crippen LogP) is 4.00. The van der Waals surface area contributed by atoms with Crippen LogP contribution < -0.4 is 15.0 Å². The molecule has 1 aliphatic carbocycles. The van der Waals surface area contributed by atoms with Crippen LogP contribution in [0.5, 0.6) is 5.75 Å². The Labute approximate surface area is 192 Å². The summed E-state index contributed by atoms with van der Waals surface area (Å²) in [5.41, 5.74) is 0.858. The average molecular weight is 458 g/mol. The van der Waals surface area contributed by atoms with E-state index in [-0.39, 0.29) is 18.4 Å². The number of imide groups is 1. The lowest BCUT2D eigenvalue weighted by Gasteiger charge is -2.45. The summed E-state index contributed by atoms with van der Waals surface area (Å²) in [6.45, 7) is 0.673. The van der Waals surface area contributed by atoms with E-state index in [1.54, 1.807) is 24.3 Å². The first-order valence-electron chi connectivity index (χ1n) is 11.1. The quantitative estimate of drug-likeness (QED) is 0.725. The van der Waals surface area contributed by atoms with E-state index in [4.69, 9.17) is 16.3 Å². The molecule has 2 unspecified atom stereocenters. The molecule has 0 aromatic heterocycles. The van der Waals surface area contributed by atoms with Gasteiger partial charge in [-0.1, -0.05) is 55.1 Å². The molecule has 170 valence electrons. The molecule has 0 spiro atoms. The van der Waals surface area contributed by atoms with Gasteiger partial charge in [-0.05, 0) is 43.2 Å². The SMILES string of the molecule is O=C(NC(=O)N1CCN(c2ccccc2)C(Oc2cccc(Cl)c2)C1O)C1CCCCC1. The van der Waals surface area contributed by atoms with Gasteiger partial charge in [0.2, 0.25) is 12.1 Å². The molecule has 0 bridgehead atoms. The van der Waals surface area contributed by atoms with E-state index in [2.05, 4.69) is 5.32 Å². The maximum Gasteiger partial charge on any atom is 0.326 e. The number of hydrogen-bond acceptors (Lipinski definition) is 5. The van der Waals surface area contributed by atoms with Crippen molar-refractivity contribution >= 4 is 29.2 Å². The smallest absolute Gasteiger partial charge is 0.326 e. The Morgan fingerprint density at radius 1 is 1.00 bits per heavy atom. The summed E-state index contributed by atoms with van der Waals surface area (Å²) in [5, 5.41) is 14.1. The maximum absolute atomic E-state index is 12.9. The van der Waals surface area contributed by atoms with Crippen LogP contribution in [0.2, 0.25) is 5.02 Å². The molecule has 7 nitrogen and oxygen atoms in total. The molecule has 2 aromatic carbocycles. The number of benzene rings is 2. The number of hydrogen-bond donors (Lipinski definition) is 2. The van der Waals surface area contributed by atoms with Crippen LogP contribution in [0.15, 0.2) is 54.6 Å². The van der Waals surface area contributed by atoms with Crippen LogP contribution in [0.25, 0.3) is 0 Å². The van der Waals surface area contributed by atoms with Crippen molar-refractivity contribution in [2.24, 2.45) is 5.92 Å². The van der Waals surface area contributed by atoms with E-state index in [1.807, 2.05) is 35.2 Å². The Kier molecular flexibility index (Phi) is 7.17. The van der Waals surface area contributed by atoms with E-state index >= 15 is 0 Å². The summed E-state index contributed by atoms with van der Waals surface area (Å²) in [4.78, 5) is 28.6. The Bertz CT molecular complexity index is 936. The third-order valence-corrected chi connectivity index (χ3v) is 6.31. The number of carbonyl (C=O) groups excluding carboxylic acids is 2. The number of aliphatic hydroxyl groups is 1. The molecule has 0 radical (unpaired) electrons. The van der Waals surface area contributed by atoms with Gasteiger partial charge in [-0.2, -0.15) is 0 Å². The first-order chi connectivity index (χ1) is 15.5. The predicted molar refractivity (Wildman–Crippen MR) is 122 cm³/mol. The van der Waals surface area contributed by atoms with Gasteiger partial charge < -0.3 is 14.7 Å². The molecule has 1 saturated carbocycles. The van der Waals surface area contributed by atoms with Gasteiger partial charge in [0.25, 0.3) is 0 Å². The fourth-order valence-electron chi connectivity index (χ4n) is 4.36. The van der Waals surface area contributed by atoms with E-state index in [0.29, 0.717) is 17.3 Å². The van der Waals surface area contributed by atoms with Crippen molar-refractivity contribution in [1.82, 2.24) is 10.2 Å². The third-order valence-electron chi connectivity index (χ3n) is 6.07. The molecule has 4 rings (SSSR count). The number of rotatable bonds is 4. The lowest BCUT2D eigenvalue weighted by atomic mass is 9.89. The number of piperazine rings is 1. The van der Waals surface area contributed by atoms with Crippen LogP contribution in [0.3, 0.4) is 0 Å². The Morgan fingerprint density at radius 2 is 1.75 bits per heavy atom. The summed E-state index contributed by atoms with van der Waals surface area (Å²) < 4.78 is 6.10. The Hall–Kier alpha value is -2.77. The minimum atomic E-state index is -1.29. The zero-order valence-corrected chi connectivity index (χ0v) is 18.6. The zero-order chi connectivity index (χ0) is 22.5. The number of halogens is 1. The summed E-state index contributed by atoms with van der Waals surface area (Å²) in [5.74, 6) is 0.0664. The van der Waals surface area contributed by atoms with Crippen LogP contribution in [0.4, 0.5) is 10.5 Å². The van der Waals surface area contributed by atoms with Gasteiger partial charge in [-0.25, -0.2) is 4.79 Å². The summed E-state index contributed by atoms with van der Waals surface area (Å²) in [6.07, 6.45) is 2.55. The molecule has 1 heterocycles. The molecule has 2 fully saturated rings. The Morgan fingerprint density at radius 3 is 2.47 bits per heavy atom. The highest BCUT2D eigenvalue weighted by molar-refractivity contribution is 6.30. The number of aliphatic hydroxyl groups excluding tert-OH is 1. The average Bonchev–Trinajstić information content (AvgIpc) is 2.81. The van der Waals surface area contributed by atoms with Gasteiger partial charge in [-0.15, -0.1) is 0 Å². The van der Waals surface area contributed by atoms with E-state index in [9.17, 15) is 14.7 Å². The van der Waals surface area contributed by atoms with Gasteiger partial charge in [0.1, 0.15) is 5.75 Å². The second-order valence-corrected chi connectivity index (χ2v) is 8.67. The van der Waals surface area contributed by atoms with Crippen LogP contribution in [-0.2, 0) is 4.79 Å². The molecule has 2 aromatic rings. The maximum atomic E-state index is 12.9. The molecule has 2 atom stereocenters. The molecular formula is C24H28ClN3O4. The highest BCUT2D eigenvalue weighted by atomic mass is 35.5. The van der Waals surface area contributed by atoms with Crippen molar-refractivity contribution in [3.8, 4) is 5.75 Å². The van der Waals surface area contributed by atoms with Gasteiger partial charge in [0, 0.05) is 29.7 Å². The van der Waals surface area contributed by atoms with Crippen LogP contribution >= 0.6 is 11.6 Å². The number of ether oxygens (including phenoxy) is 1. The van der Waals surface area contributed by atoms with E-state index in [1.165, 1.54) is 4.90 Å². The lowest BCUT2D eigenvalue weighted by Crippen LogP contribution is -2.65. The number of urea groups is 1. The zero-order valence-electron chi connectivity index (χ0n) is 17.8.